The summed E-state index contributed by atoms with van der Waals surface area (Å²) in [5.74, 6) is -2.72. The Morgan fingerprint density at radius 2 is 2.08 bits per heavy atom. The largest absolute Gasteiger partial charge is 0.376 e. The van der Waals surface area contributed by atoms with Crippen LogP contribution >= 0.6 is 0 Å². The van der Waals surface area contributed by atoms with Crippen LogP contribution in [-0.4, -0.2) is 49.1 Å². The molecule has 1 aromatic carbocycles. The molecule has 1 N–H and O–H groups in total. The summed E-state index contributed by atoms with van der Waals surface area (Å²) in [5, 5.41) is 2.88. The van der Waals surface area contributed by atoms with Gasteiger partial charge in [0.15, 0.2) is 0 Å². The lowest BCUT2D eigenvalue weighted by atomic mass is 9.80. The molecular weight excluding hydrogens is 338 g/mol. The van der Waals surface area contributed by atoms with Crippen LogP contribution in [0.4, 0.5) is 8.78 Å². The number of nitrogens with zero attached hydrogens (tertiary/aromatic N) is 1. The number of amides is 1. The molecule has 1 aromatic rings. The molecular formula is C20H26F2N2O2. The Morgan fingerprint density at radius 3 is 2.81 bits per heavy atom. The fourth-order valence-electron chi connectivity index (χ4n) is 4.47. The molecule has 4 nitrogen and oxygen atoms in total. The van der Waals surface area contributed by atoms with E-state index in [2.05, 4.69) is 41.4 Å². The maximum atomic E-state index is 12.9. The standard InChI is InChI=1S/C20H26F2N2O2/c1-13-4-2-3-5-14(13)9-24-10-17-16(12-26-18(17)11-24)8-23-19(25)15-6-20(21,22)7-15/h2-5,15-18H,6-12H2,1H3,(H,23,25)/t16-,17+,18+/m0/s1. The number of carbonyl (C=O) groups excluding carboxylic acids is 1. The van der Waals surface area contributed by atoms with Gasteiger partial charge in [-0.2, -0.15) is 0 Å². The van der Waals surface area contributed by atoms with Crippen LogP contribution in [0.1, 0.15) is 24.0 Å². The molecule has 0 unspecified atom stereocenters. The van der Waals surface area contributed by atoms with Crippen molar-refractivity contribution in [3.63, 3.8) is 0 Å². The second-order valence-electron chi connectivity index (χ2n) is 8.12. The first-order valence-corrected chi connectivity index (χ1v) is 9.45. The monoisotopic (exact) mass is 364 g/mol. The van der Waals surface area contributed by atoms with Crippen LogP contribution in [0, 0.1) is 24.7 Å². The molecule has 1 amide bonds. The lowest BCUT2D eigenvalue weighted by Crippen LogP contribution is -2.46. The van der Waals surface area contributed by atoms with Gasteiger partial charge in [0.05, 0.1) is 12.7 Å². The molecule has 1 saturated carbocycles. The highest BCUT2D eigenvalue weighted by molar-refractivity contribution is 5.79. The summed E-state index contributed by atoms with van der Waals surface area (Å²) in [6.07, 6.45) is -0.402. The number of nitrogens with one attached hydrogen (secondary N) is 1. The Labute approximate surface area is 152 Å². The van der Waals surface area contributed by atoms with Gasteiger partial charge in [-0.05, 0) is 18.1 Å². The fraction of sp³-hybridized carbons (Fsp3) is 0.650. The molecule has 1 aliphatic carbocycles. The molecule has 0 radical (unpaired) electrons. The molecule has 3 aliphatic rings. The van der Waals surface area contributed by atoms with Crippen molar-refractivity contribution in [2.75, 3.05) is 26.2 Å². The van der Waals surface area contributed by atoms with E-state index in [1.165, 1.54) is 11.1 Å². The normalized spacial score (nSPS) is 30.8. The molecule has 4 rings (SSSR count). The van der Waals surface area contributed by atoms with Gasteiger partial charge < -0.3 is 10.1 Å². The number of ether oxygens (including phenoxy) is 1. The van der Waals surface area contributed by atoms with E-state index in [9.17, 15) is 13.6 Å². The highest BCUT2D eigenvalue weighted by Crippen LogP contribution is 2.42. The molecule has 2 aliphatic heterocycles. The first-order valence-electron chi connectivity index (χ1n) is 9.45. The first-order chi connectivity index (χ1) is 12.4. The summed E-state index contributed by atoms with van der Waals surface area (Å²) in [6.45, 7) is 6.10. The Balaban J connectivity index is 1.27. The van der Waals surface area contributed by atoms with Crippen molar-refractivity contribution in [1.29, 1.82) is 0 Å². The molecule has 142 valence electrons. The van der Waals surface area contributed by atoms with Crippen LogP contribution in [0.15, 0.2) is 24.3 Å². The number of likely N-dealkylation sites (tertiary alicyclic amines) is 1. The van der Waals surface area contributed by atoms with E-state index in [1.54, 1.807) is 0 Å². The third kappa shape index (κ3) is 3.62. The number of halogens is 2. The third-order valence-corrected chi connectivity index (χ3v) is 6.17. The minimum atomic E-state index is -2.65. The number of benzene rings is 1. The lowest BCUT2D eigenvalue weighted by Gasteiger charge is -2.34. The zero-order chi connectivity index (χ0) is 18.3. The minimum Gasteiger partial charge on any atom is -0.376 e. The van der Waals surface area contributed by atoms with E-state index >= 15 is 0 Å². The number of aryl methyl sites for hydroxylation is 1. The maximum Gasteiger partial charge on any atom is 0.249 e. The van der Waals surface area contributed by atoms with Crippen molar-refractivity contribution >= 4 is 5.91 Å². The molecule has 6 heteroatoms. The predicted octanol–water partition coefficient (Wildman–Crippen LogP) is 2.60. The predicted molar refractivity (Wildman–Crippen MR) is 93.9 cm³/mol. The summed E-state index contributed by atoms with van der Waals surface area (Å²) in [4.78, 5) is 14.4. The van der Waals surface area contributed by atoms with Gasteiger partial charge in [-0.3, -0.25) is 9.69 Å². The Kier molecular flexibility index (Phi) is 4.73. The van der Waals surface area contributed by atoms with Crippen LogP contribution in [0.5, 0.6) is 0 Å². The zero-order valence-corrected chi connectivity index (χ0v) is 15.1. The molecule has 2 heterocycles. The van der Waals surface area contributed by atoms with Gasteiger partial charge in [0.25, 0.3) is 0 Å². The van der Waals surface area contributed by atoms with Crippen LogP contribution in [0.2, 0.25) is 0 Å². The molecule has 0 bridgehead atoms. The highest BCUT2D eigenvalue weighted by atomic mass is 19.3. The molecule has 3 fully saturated rings. The maximum absolute atomic E-state index is 12.9. The van der Waals surface area contributed by atoms with E-state index in [1.807, 2.05) is 0 Å². The van der Waals surface area contributed by atoms with Crippen LogP contribution < -0.4 is 5.32 Å². The zero-order valence-electron chi connectivity index (χ0n) is 15.1. The molecule has 0 spiro atoms. The smallest absolute Gasteiger partial charge is 0.249 e. The lowest BCUT2D eigenvalue weighted by molar-refractivity contribution is -0.150. The molecule has 2 saturated heterocycles. The molecule has 0 aromatic heterocycles. The van der Waals surface area contributed by atoms with Crippen molar-refractivity contribution in [1.82, 2.24) is 10.2 Å². The van der Waals surface area contributed by atoms with Gasteiger partial charge in [-0.15, -0.1) is 0 Å². The summed E-state index contributed by atoms with van der Waals surface area (Å²) in [7, 11) is 0. The number of rotatable bonds is 5. The van der Waals surface area contributed by atoms with Gasteiger partial charge >= 0.3 is 0 Å². The quantitative estimate of drug-likeness (QED) is 0.873. The fourth-order valence-corrected chi connectivity index (χ4v) is 4.47. The highest BCUT2D eigenvalue weighted by Gasteiger charge is 2.49. The molecule has 26 heavy (non-hydrogen) atoms. The number of alkyl halides is 2. The van der Waals surface area contributed by atoms with Crippen molar-refractivity contribution in [2.45, 2.75) is 38.3 Å². The van der Waals surface area contributed by atoms with E-state index < -0.39 is 11.8 Å². The summed E-state index contributed by atoms with van der Waals surface area (Å²) in [5.41, 5.74) is 2.63. The van der Waals surface area contributed by atoms with Crippen LogP contribution in [0.3, 0.4) is 0 Å². The second-order valence-corrected chi connectivity index (χ2v) is 8.12. The second kappa shape index (κ2) is 6.89. The molecule has 3 atom stereocenters. The summed E-state index contributed by atoms with van der Waals surface area (Å²) in [6, 6.07) is 8.41. The van der Waals surface area contributed by atoms with Crippen LogP contribution in [0.25, 0.3) is 0 Å². The number of hydrogen-bond donors (Lipinski definition) is 1. The third-order valence-electron chi connectivity index (χ3n) is 6.17. The van der Waals surface area contributed by atoms with Gasteiger partial charge in [0, 0.05) is 56.8 Å². The number of fused-ring (bicyclic) bond motifs is 1. The van der Waals surface area contributed by atoms with Crippen LogP contribution in [-0.2, 0) is 16.1 Å². The van der Waals surface area contributed by atoms with E-state index in [4.69, 9.17) is 4.74 Å². The summed E-state index contributed by atoms with van der Waals surface area (Å²) >= 11 is 0. The summed E-state index contributed by atoms with van der Waals surface area (Å²) < 4.78 is 31.8. The van der Waals surface area contributed by atoms with Gasteiger partial charge in [-0.25, -0.2) is 8.78 Å². The van der Waals surface area contributed by atoms with Crippen molar-refractivity contribution in [2.24, 2.45) is 17.8 Å². The average molecular weight is 364 g/mol. The number of hydrogen-bond acceptors (Lipinski definition) is 3. The van der Waals surface area contributed by atoms with Gasteiger partial charge in [0.2, 0.25) is 11.8 Å². The topological polar surface area (TPSA) is 41.6 Å². The average Bonchev–Trinajstić information content (AvgIpc) is 3.13. The van der Waals surface area contributed by atoms with E-state index in [0.717, 1.165) is 19.6 Å². The Bertz CT molecular complexity index is 674. The Hall–Kier alpha value is -1.53. The number of carbonyl (C=O) groups is 1. The SMILES string of the molecule is Cc1ccccc1CN1C[C@@H]2[C@@H](CNC(=O)C3CC(F)(F)C3)CO[C@@H]2C1. The van der Waals surface area contributed by atoms with Crippen molar-refractivity contribution < 1.29 is 18.3 Å². The Morgan fingerprint density at radius 1 is 1.31 bits per heavy atom. The van der Waals surface area contributed by atoms with E-state index in [-0.39, 0.29) is 30.8 Å². The van der Waals surface area contributed by atoms with Crippen molar-refractivity contribution in [3.8, 4) is 0 Å². The van der Waals surface area contributed by atoms with Crippen molar-refractivity contribution in [3.05, 3.63) is 35.4 Å². The first kappa shape index (κ1) is 17.9. The van der Waals surface area contributed by atoms with Gasteiger partial charge in [-0.1, -0.05) is 24.3 Å². The van der Waals surface area contributed by atoms with E-state index in [0.29, 0.717) is 19.1 Å². The van der Waals surface area contributed by atoms with Gasteiger partial charge in [0.1, 0.15) is 0 Å². The minimum absolute atomic E-state index is 0.217.